The fourth-order valence-corrected chi connectivity index (χ4v) is 2.66. The largest absolute Gasteiger partial charge is 0.338 e. The molecule has 0 radical (unpaired) electrons. The Kier molecular flexibility index (Phi) is 4.59. The summed E-state index contributed by atoms with van der Waals surface area (Å²) in [5.74, 6) is -0.381. The number of amides is 1. The van der Waals surface area contributed by atoms with Crippen molar-refractivity contribution in [3.05, 3.63) is 35.1 Å². The Bertz CT molecular complexity index is 573. The van der Waals surface area contributed by atoms with Crippen molar-refractivity contribution in [2.45, 2.75) is 26.8 Å². The van der Waals surface area contributed by atoms with Crippen LogP contribution in [0.1, 0.15) is 31.4 Å². The highest BCUT2D eigenvalue weighted by Gasteiger charge is 2.38. The minimum absolute atomic E-state index is 0.0544. The summed E-state index contributed by atoms with van der Waals surface area (Å²) in [4.78, 5) is 14.3. The highest BCUT2D eigenvalue weighted by atomic mass is 19.1. The Morgan fingerprint density at radius 1 is 1.57 bits per heavy atom. The molecule has 1 N–H and O–H groups in total. The van der Waals surface area contributed by atoms with E-state index in [0.29, 0.717) is 18.7 Å². The highest BCUT2D eigenvalue weighted by Crippen LogP contribution is 2.28. The minimum Gasteiger partial charge on any atom is -0.338 e. The Morgan fingerprint density at radius 3 is 2.86 bits per heavy atom. The lowest BCUT2D eigenvalue weighted by Crippen LogP contribution is -2.43. The maximum atomic E-state index is 14.0. The molecule has 0 bridgehead atoms. The van der Waals surface area contributed by atoms with Gasteiger partial charge in [0.15, 0.2) is 0 Å². The van der Waals surface area contributed by atoms with Gasteiger partial charge in [-0.25, -0.2) is 4.39 Å². The van der Waals surface area contributed by atoms with Gasteiger partial charge in [-0.1, -0.05) is 6.07 Å². The Hall–Kier alpha value is -1.93. The van der Waals surface area contributed by atoms with Gasteiger partial charge in [0.2, 0.25) is 5.91 Å². The molecule has 0 spiro atoms. The van der Waals surface area contributed by atoms with E-state index in [-0.39, 0.29) is 18.0 Å². The van der Waals surface area contributed by atoms with Crippen molar-refractivity contribution in [2.24, 2.45) is 5.41 Å². The van der Waals surface area contributed by atoms with Crippen LogP contribution in [-0.2, 0) is 11.3 Å². The van der Waals surface area contributed by atoms with E-state index >= 15 is 0 Å². The van der Waals surface area contributed by atoms with Crippen molar-refractivity contribution in [3.63, 3.8) is 0 Å². The third-order valence-corrected chi connectivity index (χ3v) is 4.10. The van der Waals surface area contributed by atoms with Crippen molar-refractivity contribution in [2.75, 3.05) is 19.6 Å². The van der Waals surface area contributed by atoms with Crippen molar-refractivity contribution in [3.8, 4) is 6.07 Å². The van der Waals surface area contributed by atoms with Crippen LogP contribution in [0.3, 0.4) is 0 Å². The number of benzene rings is 1. The number of hydrogen-bond acceptors (Lipinski definition) is 3. The maximum absolute atomic E-state index is 14.0. The number of carbonyl (C=O) groups excluding carboxylic acids is 1. The molecule has 1 fully saturated rings. The molecule has 0 aliphatic carbocycles. The van der Waals surface area contributed by atoms with Gasteiger partial charge in [-0.05, 0) is 38.9 Å². The van der Waals surface area contributed by atoms with Gasteiger partial charge in [-0.15, -0.1) is 0 Å². The van der Waals surface area contributed by atoms with Crippen molar-refractivity contribution >= 4 is 5.91 Å². The molecule has 1 heterocycles. The number of nitrogens with zero attached hydrogens (tertiary/aromatic N) is 2. The molecule has 5 heteroatoms. The predicted molar refractivity (Wildman–Crippen MR) is 77.8 cm³/mol. The average molecular weight is 289 g/mol. The lowest BCUT2D eigenvalue weighted by Gasteiger charge is -2.30. The van der Waals surface area contributed by atoms with Gasteiger partial charge < -0.3 is 10.2 Å². The lowest BCUT2D eigenvalue weighted by atomic mass is 9.88. The summed E-state index contributed by atoms with van der Waals surface area (Å²) < 4.78 is 14.0. The molecular weight excluding hydrogens is 269 g/mol. The predicted octanol–water partition coefficient (Wildman–Crippen LogP) is 2.05. The molecule has 0 aromatic heterocycles. The second kappa shape index (κ2) is 6.23. The zero-order valence-corrected chi connectivity index (χ0v) is 12.4. The smallest absolute Gasteiger partial charge is 0.230 e. The summed E-state index contributed by atoms with van der Waals surface area (Å²) in [5, 5.41) is 12.0. The molecule has 112 valence electrons. The molecule has 1 aliphatic rings. The number of halogens is 1. The molecule has 1 atom stereocenters. The summed E-state index contributed by atoms with van der Waals surface area (Å²) in [6, 6.07) is 6.28. The standard InChI is InChI=1S/C16H20FN3O/c1-3-20(15(21)16(2)6-7-19-11-16)10-13-5-4-12(9-18)8-14(13)17/h4-5,8,19H,3,6-7,10-11H2,1-2H3. The average Bonchev–Trinajstić information content (AvgIpc) is 2.93. The van der Waals surface area contributed by atoms with E-state index in [1.165, 1.54) is 6.07 Å². The fraction of sp³-hybridized carbons (Fsp3) is 0.500. The molecule has 4 nitrogen and oxygen atoms in total. The van der Waals surface area contributed by atoms with E-state index in [4.69, 9.17) is 5.26 Å². The zero-order chi connectivity index (χ0) is 15.5. The maximum Gasteiger partial charge on any atom is 0.230 e. The lowest BCUT2D eigenvalue weighted by molar-refractivity contribution is -0.140. The molecule has 1 aromatic carbocycles. The summed E-state index contributed by atoms with van der Waals surface area (Å²) >= 11 is 0. The molecule has 1 saturated heterocycles. The third-order valence-electron chi connectivity index (χ3n) is 4.10. The second-order valence-corrected chi connectivity index (χ2v) is 5.72. The Balaban J connectivity index is 2.16. The summed E-state index contributed by atoms with van der Waals surface area (Å²) in [6.45, 7) is 6.12. The molecule has 0 saturated carbocycles. The van der Waals surface area contributed by atoms with Crippen LogP contribution < -0.4 is 5.32 Å². The molecule has 2 rings (SSSR count). The first-order valence-corrected chi connectivity index (χ1v) is 7.19. The monoisotopic (exact) mass is 289 g/mol. The quantitative estimate of drug-likeness (QED) is 0.923. The van der Waals surface area contributed by atoms with Gasteiger partial charge in [-0.3, -0.25) is 4.79 Å². The van der Waals surface area contributed by atoms with Gasteiger partial charge in [0, 0.05) is 25.2 Å². The summed E-state index contributed by atoms with van der Waals surface area (Å²) in [5.41, 5.74) is 0.329. The van der Waals surface area contributed by atoms with E-state index in [1.54, 1.807) is 17.0 Å². The van der Waals surface area contributed by atoms with E-state index in [2.05, 4.69) is 5.32 Å². The third kappa shape index (κ3) is 3.22. The van der Waals surface area contributed by atoms with Gasteiger partial charge >= 0.3 is 0 Å². The van der Waals surface area contributed by atoms with E-state index in [0.717, 1.165) is 13.0 Å². The first kappa shape index (κ1) is 15.5. The molecule has 1 aromatic rings. The Morgan fingerprint density at radius 2 is 2.33 bits per heavy atom. The summed E-state index contributed by atoms with van der Waals surface area (Å²) in [6.07, 6.45) is 0.804. The topological polar surface area (TPSA) is 56.1 Å². The number of hydrogen-bond donors (Lipinski definition) is 1. The van der Waals surface area contributed by atoms with Crippen LogP contribution >= 0.6 is 0 Å². The first-order valence-electron chi connectivity index (χ1n) is 7.19. The molecule has 1 aliphatic heterocycles. The Labute approximate surface area is 124 Å². The van der Waals surface area contributed by atoms with Crippen LogP contribution in [0.2, 0.25) is 0 Å². The van der Waals surface area contributed by atoms with Gasteiger partial charge in [0.05, 0.1) is 17.0 Å². The molecule has 1 unspecified atom stereocenters. The minimum atomic E-state index is -0.435. The number of carbonyl (C=O) groups is 1. The van der Waals surface area contributed by atoms with Gasteiger partial charge in [0.25, 0.3) is 0 Å². The number of nitrogens with one attached hydrogen (secondary N) is 1. The summed E-state index contributed by atoms with van der Waals surface area (Å²) in [7, 11) is 0. The van der Waals surface area contributed by atoms with Gasteiger partial charge in [0.1, 0.15) is 5.82 Å². The normalized spacial score (nSPS) is 21.0. The van der Waals surface area contributed by atoms with Gasteiger partial charge in [-0.2, -0.15) is 5.26 Å². The van der Waals surface area contributed by atoms with E-state index < -0.39 is 11.2 Å². The SMILES string of the molecule is CCN(Cc1ccc(C#N)cc1F)C(=O)C1(C)CCNC1. The molecule has 1 amide bonds. The second-order valence-electron chi connectivity index (χ2n) is 5.72. The highest BCUT2D eigenvalue weighted by molar-refractivity contribution is 5.83. The molecule has 21 heavy (non-hydrogen) atoms. The van der Waals surface area contributed by atoms with E-state index in [9.17, 15) is 9.18 Å². The van der Waals surface area contributed by atoms with Crippen LogP contribution in [-0.4, -0.2) is 30.4 Å². The number of rotatable bonds is 4. The van der Waals surface area contributed by atoms with Crippen molar-refractivity contribution in [1.82, 2.24) is 10.2 Å². The molecular formula is C16H20FN3O. The first-order chi connectivity index (χ1) is 10.00. The zero-order valence-electron chi connectivity index (χ0n) is 12.4. The van der Waals surface area contributed by atoms with Crippen LogP contribution in [0.5, 0.6) is 0 Å². The van der Waals surface area contributed by atoms with Crippen LogP contribution in [0.4, 0.5) is 4.39 Å². The van der Waals surface area contributed by atoms with Crippen molar-refractivity contribution in [1.29, 1.82) is 5.26 Å². The number of nitriles is 1. The van der Waals surface area contributed by atoms with E-state index in [1.807, 2.05) is 19.9 Å². The van der Waals surface area contributed by atoms with Crippen LogP contribution in [0, 0.1) is 22.6 Å². The van der Waals surface area contributed by atoms with Crippen LogP contribution in [0.25, 0.3) is 0 Å². The van der Waals surface area contributed by atoms with Crippen molar-refractivity contribution < 1.29 is 9.18 Å². The fourth-order valence-electron chi connectivity index (χ4n) is 2.66. The van der Waals surface area contributed by atoms with Crippen LogP contribution in [0.15, 0.2) is 18.2 Å².